The van der Waals surface area contributed by atoms with Crippen molar-refractivity contribution in [3.63, 3.8) is 0 Å². The molecule has 0 radical (unpaired) electrons. The molecule has 0 aromatic heterocycles. The molecule has 0 aliphatic rings. The fraction of sp³-hybridized carbons (Fsp3) is 0.750. The molecule has 0 N–H and O–H groups in total. The molecule has 0 heterocycles. The standard InChI is InChI=1S/C8H14O3S/c1-4-6-8(3)7-12(9,10)11-5-2/h8H,5,7H2,1-3H3. The van der Waals surface area contributed by atoms with Crippen molar-refractivity contribution in [3.05, 3.63) is 0 Å². The first-order valence-electron chi connectivity index (χ1n) is 3.81. The van der Waals surface area contributed by atoms with E-state index in [1.165, 1.54) is 0 Å². The van der Waals surface area contributed by atoms with Crippen LogP contribution in [0, 0.1) is 17.8 Å². The SMILES string of the molecule is CC#CC(C)CS(=O)(=O)OCC. The van der Waals surface area contributed by atoms with Gasteiger partial charge in [0, 0.05) is 5.92 Å². The summed E-state index contributed by atoms with van der Waals surface area (Å²) in [6.45, 7) is 5.28. The summed E-state index contributed by atoms with van der Waals surface area (Å²) in [7, 11) is -3.36. The van der Waals surface area contributed by atoms with E-state index in [1.54, 1.807) is 20.8 Å². The van der Waals surface area contributed by atoms with Gasteiger partial charge in [-0.1, -0.05) is 12.8 Å². The van der Waals surface area contributed by atoms with Gasteiger partial charge in [-0.3, -0.25) is 4.18 Å². The van der Waals surface area contributed by atoms with Gasteiger partial charge in [-0.05, 0) is 13.8 Å². The third kappa shape index (κ3) is 5.16. The van der Waals surface area contributed by atoms with Crippen molar-refractivity contribution in [2.75, 3.05) is 12.4 Å². The van der Waals surface area contributed by atoms with E-state index < -0.39 is 10.1 Å². The first-order chi connectivity index (χ1) is 5.52. The van der Waals surface area contributed by atoms with Crippen LogP contribution in [0.15, 0.2) is 0 Å². The topological polar surface area (TPSA) is 43.4 Å². The predicted molar refractivity (Wildman–Crippen MR) is 48.0 cm³/mol. The molecular formula is C8H14O3S. The first-order valence-corrected chi connectivity index (χ1v) is 5.39. The van der Waals surface area contributed by atoms with Gasteiger partial charge in [-0.25, -0.2) is 0 Å². The zero-order chi connectivity index (χ0) is 9.61. The number of hydrogen-bond donors (Lipinski definition) is 0. The fourth-order valence-electron chi connectivity index (χ4n) is 0.822. The fourth-order valence-corrected chi connectivity index (χ4v) is 1.97. The summed E-state index contributed by atoms with van der Waals surface area (Å²) in [6, 6.07) is 0. The molecule has 0 aliphatic carbocycles. The van der Waals surface area contributed by atoms with Crippen molar-refractivity contribution < 1.29 is 12.6 Å². The Morgan fingerprint density at radius 1 is 1.50 bits per heavy atom. The monoisotopic (exact) mass is 190 g/mol. The maximum Gasteiger partial charge on any atom is 0.268 e. The smallest absolute Gasteiger partial charge is 0.268 e. The second kappa shape index (κ2) is 5.18. The van der Waals surface area contributed by atoms with Crippen molar-refractivity contribution in [1.82, 2.24) is 0 Å². The third-order valence-electron chi connectivity index (χ3n) is 1.14. The van der Waals surface area contributed by atoms with Gasteiger partial charge >= 0.3 is 0 Å². The highest BCUT2D eigenvalue weighted by Crippen LogP contribution is 2.01. The Balaban J connectivity index is 4.12. The maximum atomic E-state index is 11.0. The molecule has 12 heavy (non-hydrogen) atoms. The molecule has 0 aromatic carbocycles. The molecule has 1 unspecified atom stereocenters. The van der Waals surface area contributed by atoms with Crippen LogP contribution in [0.1, 0.15) is 20.8 Å². The van der Waals surface area contributed by atoms with Crippen molar-refractivity contribution in [1.29, 1.82) is 0 Å². The van der Waals surface area contributed by atoms with Gasteiger partial charge in [0.1, 0.15) is 0 Å². The molecule has 0 aromatic rings. The van der Waals surface area contributed by atoms with Crippen LogP contribution in [0.25, 0.3) is 0 Å². The van der Waals surface area contributed by atoms with Gasteiger partial charge in [0.25, 0.3) is 10.1 Å². The van der Waals surface area contributed by atoms with Crippen LogP contribution in [0.4, 0.5) is 0 Å². The highest BCUT2D eigenvalue weighted by Gasteiger charge is 2.13. The van der Waals surface area contributed by atoms with E-state index in [-0.39, 0.29) is 18.3 Å². The molecule has 0 bridgehead atoms. The predicted octanol–water partition coefficient (Wildman–Crippen LogP) is 1.01. The summed E-state index contributed by atoms with van der Waals surface area (Å²) in [6.07, 6.45) is 0. The average Bonchev–Trinajstić information content (AvgIpc) is 1.85. The highest BCUT2D eigenvalue weighted by molar-refractivity contribution is 7.86. The Labute approximate surface area is 74.2 Å². The Morgan fingerprint density at radius 2 is 2.08 bits per heavy atom. The summed E-state index contributed by atoms with van der Waals surface area (Å²) < 4.78 is 26.6. The zero-order valence-electron chi connectivity index (χ0n) is 7.62. The normalized spacial score (nSPS) is 13.2. The summed E-state index contributed by atoms with van der Waals surface area (Å²) in [5.41, 5.74) is 0. The van der Waals surface area contributed by atoms with Crippen LogP contribution in [0.2, 0.25) is 0 Å². The molecule has 0 amide bonds. The van der Waals surface area contributed by atoms with E-state index in [9.17, 15) is 8.42 Å². The average molecular weight is 190 g/mol. The maximum absolute atomic E-state index is 11.0. The lowest BCUT2D eigenvalue weighted by atomic mass is 10.2. The summed E-state index contributed by atoms with van der Waals surface area (Å²) in [4.78, 5) is 0. The lowest BCUT2D eigenvalue weighted by Gasteiger charge is -2.04. The quantitative estimate of drug-likeness (QED) is 0.491. The van der Waals surface area contributed by atoms with E-state index in [4.69, 9.17) is 0 Å². The molecule has 1 atom stereocenters. The Kier molecular flexibility index (Phi) is 4.95. The lowest BCUT2D eigenvalue weighted by molar-refractivity contribution is 0.336. The Morgan fingerprint density at radius 3 is 2.50 bits per heavy atom. The van der Waals surface area contributed by atoms with Gasteiger partial charge < -0.3 is 0 Å². The van der Waals surface area contributed by atoms with Gasteiger partial charge in [-0.15, -0.1) is 5.92 Å². The van der Waals surface area contributed by atoms with Gasteiger partial charge in [0.15, 0.2) is 0 Å². The number of hydrogen-bond acceptors (Lipinski definition) is 3. The second-order valence-corrected chi connectivity index (χ2v) is 4.11. The largest absolute Gasteiger partial charge is 0.270 e. The second-order valence-electron chi connectivity index (χ2n) is 2.43. The van der Waals surface area contributed by atoms with Crippen LogP contribution in [-0.2, 0) is 14.3 Å². The summed E-state index contributed by atoms with van der Waals surface area (Å²) in [5, 5.41) is 0. The van der Waals surface area contributed by atoms with Crippen molar-refractivity contribution in [3.8, 4) is 11.8 Å². The van der Waals surface area contributed by atoms with Gasteiger partial charge in [0.2, 0.25) is 0 Å². The Hall–Kier alpha value is -0.530. The summed E-state index contributed by atoms with van der Waals surface area (Å²) in [5.74, 6) is 5.23. The van der Waals surface area contributed by atoms with Crippen LogP contribution in [0.5, 0.6) is 0 Å². The van der Waals surface area contributed by atoms with E-state index in [0.717, 1.165) is 0 Å². The number of rotatable bonds is 4. The minimum Gasteiger partial charge on any atom is -0.270 e. The van der Waals surface area contributed by atoms with E-state index >= 15 is 0 Å². The van der Waals surface area contributed by atoms with Crippen molar-refractivity contribution >= 4 is 10.1 Å². The van der Waals surface area contributed by atoms with Gasteiger partial charge in [0.05, 0.1) is 12.4 Å². The van der Waals surface area contributed by atoms with Crippen LogP contribution < -0.4 is 0 Å². The minimum absolute atomic E-state index is 0.0261. The molecule has 0 fully saturated rings. The molecule has 3 nitrogen and oxygen atoms in total. The van der Waals surface area contributed by atoms with Crippen LogP contribution in [0.3, 0.4) is 0 Å². The molecule has 0 saturated carbocycles. The van der Waals surface area contributed by atoms with Crippen molar-refractivity contribution in [2.45, 2.75) is 20.8 Å². The third-order valence-corrected chi connectivity index (χ3v) is 2.65. The van der Waals surface area contributed by atoms with Crippen molar-refractivity contribution in [2.24, 2.45) is 5.92 Å². The van der Waals surface area contributed by atoms with E-state index in [0.29, 0.717) is 0 Å². The highest BCUT2D eigenvalue weighted by atomic mass is 32.2. The van der Waals surface area contributed by atoms with Crippen LogP contribution >= 0.6 is 0 Å². The first kappa shape index (κ1) is 11.5. The summed E-state index contributed by atoms with van der Waals surface area (Å²) >= 11 is 0. The molecule has 0 rings (SSSR count). The minimum atomic E-state index is -3.36. The lowest BCUT2D eigenvalue weighted by Crippen LogP contribution is -2.15. The van der Waals surface area contributed by atoms with E-state index in [1.807, 2.05) is 0 Å². The Bertz CT molecular complexity index is 268. The molecule has 0 spiro atoms. The molecule has 70 valence electrons. The molecule has 4 heteroatoms. The molecular weight excluding hydrogens is 176 g/mol. The molecule has 0 saturated heterocycles. The van der Waals surface area contributed by atoms with Gasteiger partial charge in [-0.2, -0.15) is 8.42 Å². The van der Waals surface area contributed by atoms with E-state index in [2.05, 4.69) is 16.0 Å². The zero-order valence-corrected chi connectivity index (χ0v) is 8.44. The van der Waals surface area contributed by atoms with Crippen LogP contribution in [-0.4, -0.2) is 20.8 Å². The molecule has 0 aliphatic heterocycles.